The number of benzene rings is 4. The third-order valence-electron chi connectivity index (χ3n) is 6.44. The highest BCUT2D eigenvalue weighted by atomic mass is 16.5. The van der Waals surface area contributed by atoms with Gasteiger partial charge in [-0.15, -0.1) is 0 Å². The van der Waals surface area contributed by atoms with E-state index in [9.17, 15) is 9.59 Å². The summed E-state index contributed by atoms with van der Waals surface area (Å²) in [4.78, 5) is 25.9. The average molecular weight is 479 g/mol. The number of methoxy groups -OCH3 is 1. The molecule has 1 amide bonds. The molecule has 0 aliphatic carbocycles. The third kappa shape index (κ3) is 4.70. The topological polar surface area (TPSA) is 68.2 Å². The van der Waals surface area contributed by atoms with Crippen molar-refractivity contribution >= 4 is 28.4 Å². The molecule has 6 heteroatoms. The van der Waals surface area contributed by atoms with E-state index in [1.165, 1.54) is 5.01 Å². The van der Waals surface area contributed by atoms with Crippen LogP contribution in [0, 0.1) is 6.92 Å². The molecule has 6 nitrogen and oxygen atoms in total. The molecule has 0 N–H and O–H groups in total. The lowest BCUT2D eigenvalue weighted by Gasteiger charge is -2.22. The molecule has 0 aromatic heterocycles. The van der Waals surface area contributed by atoms with E-state index >= 15 is 0 Å². The Hall–Kier alpha value is -4.45. The summed E-state index contributed by atoms with van der Waals surface area (Å²) >= 11 is 0. The van der Waals surface area contributed by atoms with E-state index in [1.54, 1.807) is 19.2 Å². The molecule has 1 aliphatic rings. The van der Waals surface area contributed by atoms with Crippen LogP contribution in [0.5, 0.6) is 5.75 Å². The van der Waals surface area contributed by atoms with Crippen LogP contribution in [0.1, 0.15) is 39.5 Å². The number of carbonyl (C=O) groups excluding carboxylic acids is 2. The van der Waals surface area contributed by atoms with Crippen LogP contribution in [-0.4, -0.2) is 36.3 Å². The molecule has 0 radical (unpaired) electrons. The molecule has 0 fully saturated rings. The van der Waals surface area contributed by atoms with Crippen LogP contribution in [0.4, 0.5) is 0 Å². The van der Waals surface area contributed by atoms with Crippen LogP contribution in [0.15, 0.2) is 96.1 Å². The van der Waals surface area contributed by atoms with Gasteiger partial charge in [0.25, 0.3) is 5.91 Å². The summed E-state index contributed by atoms with van der Waals surface area (Å²) in [7, 11) is 1.62. The number of hydrazone groups is 1. The maximum Gasteiger partial charge on any atom is 0.338 e. The first-order chi connectivity index (χ1) is 17.5. The van der Waals surface area contributed by atoms with Gasteiger partial charge >= 0.3 is 5.97 Å². The van der Waals surface area contributed by atoms with Gasteiger partial charge in [-0.1, -0.05) is 66.7 Å². The number of hydrogen-bond acceptors (Lipinski definition) is 5. The quantitative estimate of drug-likeness (QED) is 0.334. The number of amides is 1. The third-order valence-corrected chi connectivity index (χ3v) is 6.44. The van der Waals surface area contributed by atoms with Gasteiger partial charge in [0, 0.05) is 6.42 Å². The number of hydrogen-bond donors (Lipinski definition) is 0. The molecule has 4 aromatic carbocycles. The zero-order valence-corrected chi connectivity index (χ0v) is 20.2. The van der Waals surface area contributed by atoms with Crippen molar-refractivity contribution in [1.82, 2.24) is 5.01 Å². The Morgan fingerprint density at radius 1 is 0.917 bits per heavy atom. The fraction of sp³-hybridized carbons (Fsp3) is 0.167. The van der Waals surface area contributed by atoms with Crippen molar-refractivity contribution in [2.24, 2.45) is 5.10 Å². The standard InChI is InChI=1S/C30H26N2O4/c1-20-7-3-6-10-26(20)30(34)36-19-29(33)32-28(22-13-15-25(35-2)16-14-22)18-27(31-32)24-12-11-21-8-4-5-9-23(21)17-24/h3-17,28H,18-19H2,1-2H3. The molecular formula is C30H26N2O4. The lowest BCUT2D eigenvalue weighted by Crippen LogP contribution is -2.31. The van der Waals surface area contributed by atoms with Crippen molar-refractivity contribution in [3.05, 3.63) is 113 Å². The lowest BCUT2D eigenvalue weighted by molar-refractivity contribution is -0.136. The first-order valence-electron chi connectivity index (χ1n) is 11.8. The van der Waals surface area contributed by atoms with Crippen LogP contribution in [0.25, 0.3) is 10.8 Å². The molecule has 5 rings (SSSR count). The zero-order valence-electron chi connectivity index (χ0n) is 20.2. The van der Waals surface area contributed by atoms with E-state index in [0.29, 0.717) is 12.0 Å². The number of esters is 1. The van der Waals surface area contributed by atoms with Crippen molar-refractivity contribution < 1.29 is 19.1 Å². The second kappa shape index (κ2) is 10.0. The molecule has 180 valence electrons. The van der Waals surface area contributed by atoms with Gasteiger partial charge in [0.15, 0.2) is 6.61 Å². The first kappa shape index (κ1) is 23.3. The average Bonchev–Trinajstić information content (AvgIpc) is 3.37. The smallest absolute Gasteiger partial charge is 0.338 e. The summed E-state index contributed by atoms with van der Waals surface area (Å²) in [6, 6.07) is 28.7. The van der Waals surface area contributed by atoms with E-state index in [-0.39, 0.29) is 11.9 Å². The zero-order chi connectivity index (χ0) is 25.1. The number of ether oxygens (including phenoxy) is 2. The minimum absolute atomic E-state index is 0.318. The van der Waals surface area contributed by atoms with Gasteiger partial charge in [-0.25, -0.2) is 9.80 Å². The van der Waals surface area contributed by atoms with Gasteiger partial charge in [0.1, 0.15) is 5.75 Å². The van der Waals surface area contributed by atoms with E-state index in [1.807, 2.05) is 61.5 Å². The van der Waals surface area contributed by atoms with Gasteiger partial charge < -0.3 is 9.47 Å². The predicted molar refractivity (Wildman–Crippen MR) is 139 cm³/mol. The first-order valence-corrected chi connectivity index (χ1v) is 11.8. The Morgan fingerprint density at radius 3 is 2.39 bits per heavy atom. The van der Waals surface area contributed by atoms with Crippen molar-refractivity contribution in [1.29, 1.82) is 0 Å². The van der Waals surface area contributed by atoms with Gasteiger partial charge in [0.05, 0.1) is 24.4 Å². The van der Waals surface area contributed by atoms with Crippen LogP contribution in [-0.2, 0) is 9.53 Å². The normalized spacial score (nSPS) is 15.0. The molecule has 0 saturated carbocycles. The van der Waals surface area contributed by atoms with Crippen molar-refractivity contribution in [3.8, 4) is 5.75 Å². The molecule has 4 aromatic rings. The van der Waals surface area contributed by atoms with Crippen LogP contribution < -0.4 is 4.74 Å². The largest absolute Gasteiger partial charge is 0.497 e. The summed E-state index contributed by atoms with van der Waals surface area (Å²) in [6.45, 7) is 1.44. The van der Waals surface area contributed by atoms with Crippen molar-refractivity contribution in [3.63, 3.8) is 0 Å². The molecule has 0 bridgehead atoms. The van der Waals surface area contributed by atoms with E-state index < -0.39 is 12.6 Å². The van der Waals surface area contributed by atoms with Crippen molar-refractivity contribution in [2.45, 2.75) is 19.4 Å². The molecule has 1 heterocycles. The van der Waals surface area contributed by atoms with E-state index in [2.05, 4.69) is 24.3 Å². The maximum absolute atomic E-state index is 13.3. The van der Waals surface area contributed by atoms with Crippen molar-refractivity contribution in [2.75, 3.05) is 13.7 Å². The number of rotatable bonds is 6. The fourth-order valence-corrected chi connectivity index (χ4v) is 4.44. The van der Waals surface area contributed by atoms with E-state index in [4.69, 9.17) is 14.6 Å². The summed E-state index contributed by atoms with van der Waals surface area (Å²) in [5, 5.41) is 8.40. The molecule has 36 heavy (non-hydrogen) atoms. The minimum atomic E-state index is -0.527. The Kier molecular flexibility index (Phi) is 6.50. The highest BCUT2D eigenvalue weighted by Gasteiger charge is 2.33. The lowest BCUT2D eigenvalue weighted by atomic mass is 9.97. The van der Waals surface area contributed by atoms with Gasteiger partial charge in [-0.3, -0.25) is 4.79 Å². The van der Waals surface area contributed by atoms with Gasteiger partial charge in [0.2, 0.25) is 0 Å². The summed E-state index contributed by atoms with van der Waals surface area (Å²) in [6.07, 6.45) is 0.544. The highest BCUT2D eigenvalue weighted by molar-refractivity contribution is 6.05. The van der Waals surface area contributed by atoms with E-state index in [0.717, 1.165) is 38.9 Å². The Balaban J connectivity index is 1.41. The molecule has 1 unspecified atom stereocenters. The van der Waals surface area contributed by atoms with Crippen LogP contribution in [0.2, 0.25) is 0 Å². The van der Waals surface area contributed by atoms with Gasteiger partial charge in [-0.2, -0.15) is 5.10 Å². The number of aryl methyl sites for hydroxylation is 1. The molecular weight excluding hydrogens is 452 g/mol. The van der Waals surface area contributed by atoms with Gasteiger partial charge in [-0.05, 0) is 58.7 Å². The second-order valence-corrected chi connectivity index (χ2v) is 8.73. The predicted octanol–water partition coefficient (Wildman–Crippen LogP) is 5.69. The Labute approximate surface area is 209 Å². The highest BCUT2D eigenvalue weighted by Crippen LogP contribution is 2.34. The monoisotopic (exact) mass is 478 g/mol. The number of carbonyl (C=O) groups is 2. The molecule has 0 saturated heterocycles. The van der Waals surface area contributed by atoms with Crippen LogP contribution in [0.3, 0.4) is 0 Å². The maximum atomic E-state index is 13.3. The molecule has 0 spiro atoms. The SMILES string of the molecule is COc1ccc(C2CC(c3ccc4ccccc4c3)=NN2C(=O)COC(=O)c2ccccc2C)cc1. The Morgan fingerprint density at radius 2 is 1.64 bits per heavy atom. The van der Waals surface area contributed by atoms with Crippen LogP contribution >= 0.6 is 0 Å². The Bertz CT molecular complexity index is 1460. The summed E-state index contributed by atoms with van der Waals surface area (Å²) < 4.78 is 10.7. The number of nitrogens with zero attached hydrogens (tertiary/aromatic N) is 2. The summed E-state index contributed by atoms with van der Waals surface area (Å²) in [5.41, 5.74) is 3.93. The summed E-state index contributed by atoms with van der Waals surface area (Å²) in [5.74, 6) is -0.175. The fourth-order valence-electron chi connectivity index (χ4n) is 4.44. The molecule has 1 aliphatic heterocycles. The second-order valence-electron chi connectivity index (χ2n) is 8.73. The minimum Gasteiger partial charge on any atom is -0.497 e. The molecule has 1 atom stereocenters. The number of fused-ring (bicyclic) bond motifs is 1.